The molecule has 3 aliphatic rings. The third-order valence-electron chi connectivity index (χ3n) is 5.66. The second-order valence-electron chi connectivity index (χ2n) is 7.29. The van der Waals surface area contributed by atoms with E-state index in [4.69, 9.17) is 14.2 Å². The fourth-order valence-corrected chi connectivity index (χ4v) is 4.29. The number of rotatable bonds is 5. The highest BCUT2D eigenvalue weighted by Crippen LogP contribution is 2.41. The van der Waals surface area contributed by atoms with Crippen molar-refractivity contribution in [3.8, 4) is 0 Å². The molecule has 0 N–H and O–H groups in total. The zero-order valence-electron chi connectivity index (χ0n) is 13.8. The van der Waals surface area contributed by atoms with Gasteiger partial charge in [0.2, 0.25) is 0 Å². The van der Waals surface area contributed by atoms with Crippen LogP contribution in [0.4, 0.5) is 0 Å². The fraction of sp³-hybridized carbons (Fsp3) is 0.944. The summed E-state index contributed by atoms with van der Waals surface area (Å²) in [5.74, 6) is 1.47. The molecular weight excluding hydrogens is 280 g/mol. The molecule has 3 fully saturated rings. The van der Waals surface area contributed by atoms with Gasteiger partial charge < -0.3 is 14.2 Å². The van der Waals surface area contributed by atoms with Crippen LogP contribution in [0.2, 0.25) is 0 Å². The van der Waals surface area contributed by atoms with Crippen molar-refractivity contribution in [2.75, 3.05) is 13.2 Å². The summed E-state index contributed by atoms with van der Waals surface area (Å²) in [7, 11) is 0. The second-order valence-corrected chi connectivity index (χ2v) is 7.29. The zero-order chi connectivity index (χ0) is 15.4. The predicted octanol–water partition coefficient (Wildman–Crippen LogP) is 3.47. The Morgan fingerprint density at radius 3 is 2.68 bits per heavy atom. The van der Waals surface area contributed by atoms with E-state index in [2.05, 4.69) is 0 Å². The van der Waals surface area contributed by atoms with E-state index in [1.807, 2.05) is 0 Å². The number of carbonyl (C=O) groups is 1. The lowest BCUT2D eigenvalue weighted by molar-refractivity contribution is -0.166. The van der Waals surface area contributed by atoms with Crippen LogP contribution in [0.3, 0.4) is 0 Å². The number of hydrogen-bond donors (Lipinski definition) is 0. The van der Waals surface area contributed by atoms with Crippen molar-refractivity contribution in [2.45, 2.75) is 83.0 Å². The van der Waals surface area contributed by atoms with E-state index in [9.17, 15) is 4.79 Å². The number of carbonyl (C=O) groups excluding carboxylic acids is 1. The van der Waals surface area contributed by atoms with Crippen molar-refractivity contribution in [3.05, 3.63) is 0 Å². The van der Waals surface area contributed by atoms with Crippen LogP contribution in [0.5, 0.6) is 0 Å². The average Bonchev–Trinajstić information content (AvgIpc) is 3.06. The summed E-state index contributed by atoms with van der Waals surface area (Å²) in [5.41, 5.74) is 0. The van der Waals surface area contributed by atoms with Crippen LogP contribution >= 0.6 is 0 Å². The van der Waals surface area contributed by atoms with E-state index < -0.39 is 6.10 Å². The van der Waals surface area contributed by atoms with Crippen molar-refractivity contribution < 1.29 is 19.0 Å². The maximum atomic E-state index is 12.2. The lowest BCUT2D eigenvalue weighted by atomic mass is 9.70. The molecule has 0 aromatic rings. The smallest absolute Gasteiger partial charge is 0.335 e. The van der Waals surface area contributed by atoms with Crippen molar-refractivity contribution in [3.63, 3.8) is 0 Å². The van der Waals surface area contributed by atoms with Crippen molar-refractivity contribution in [1.82, 2.24) is 0 Å². The Hall–Kier alpha value is -0.610. The molecule has 0 radical (unpaired) electrons. The number of esters is 1. The summed E-state index contributed by atoms with van der Waals surface area (Å²) in [5, 5.41) is 0. The van der Waals surface area contributed by atoms with Gasteiger partial charge in [0.15, 0.2) is 6.10 Å². The number of hydrogen-bond acceptors (Lipinski definition) is 4. The van der Waals surface area contributed by atoms with E-state index in [-0.39, 0.29) is 18.2 Å². The first kappa shape index (κ1) is 16.3. The van der Waals surface area contributed by atoms with Gasteiger partial charge in [0.25, 0.3) is 0 Å². The molecule has 0 bridgehead atoms. The summed E-state index contributed by atoms with van der Waals surface area (Å²) in [6, 6.07) is 0. The molecular formula is C18H30O4. The molecule has 0 aromatic heterocycles. The Morgan fingerprint density at radius 2 is 1.91 bits per heavy atom. The Bertz CT molecular complexity index is 364. The number of ether oxygens (including phenoxy) is 3. The highest BCUT2D eigenvalue weighted by Gasteiger charge is 2.34. The van der Waals surface area contributed by atoms with Gasteiger partial charge in [0.1, 0.15) is 6.10 Å². The highest BCUT2D eigenvalue weighted by molar-refractivity contribution is 5.74. The molecule has 5 atom stereocenters. The van der Waals surface area contributed by atoms with Gasteiger partial charge >= 0.3 is 5.97 Å². The molecule has 2 saturated carbocycles. The predicted molar refractivity (Wildman–Crippen MR) is 83.6 cm³/mol. The van der Waals surface area contributed by atoms with Crippen LogP contribution in [-0.4, -0.2) is 37.5 Å². The molecule has 0 spiro atoms. The van der Waals surface area contributed by atoms with Gasteiger partial charge in [-0.1, -0.05) is 25.7 Å². The van der Waals surface area contributed by atoms with E-state index in [0.29, 0.717) is 6.61 Å². The fourth-order valence-electron chi connectivity index (χ4n) is 4.29. The minimum atomic E-state index is -0.478. The molecule has 1 saturated heterocycles. The molecule has 3 rings (SSSR count). The minimum absolute atomic E-state index is 0.112. The molecule has 22 heavy (non-hydrogen) atoms. The minimum Gasteiger partial charge on any atom is -0.460 e. The van der Waals surface area contributed by atoms with Crippen LogP contribution in [0.1, 0.15) is 64.7 Å². The normalized spacial score (nSPS) is 36.6. The standard InChI is InChI=1S/C18H30O4/c1-13(21-12-17-7-4-10-20-17)18(19)22-16-9-8-14-5-2-3-6-15(14)11-16/h13-17H,2-12H2,1H3/t13-,14+,15-,16+,17-/m0/s1. The SMILES string of the molecule is C[C@H](OC[C@@H]1CCCO1)C(=O)O[C@@H]1CC[C@H]2CCCC[C@H]2C1. The number of fused-ring (bicyclic) bond motifs is 1. The summed E-state index contributed by atoms with van der Waals surface area (Å²) in [4.78, 5) is 12.2. The second kappa shape index (κ2) is 7.78. The van der Waals surface area contributed by atoms with Crippen LogP contribution in [0.15, 0.2) is 0 Å². The molecule has 0 unspecified atom stereocenters. The lowest BCUT2D eigenvalue weighted by Gasteiger charge is -2.39. The zero-order valence-corrected chi connectivity index (χ0v) is 13.8. The molecule has 0 aromatic carbocycles. The summed E-state index contributed by atoms with van der Waals surface area (Å²) in [6.45, 7) is 3.12. The van der Waals surface area contributed by atoms with Gasteiger partial charge in [-0.25, -0.2) is 4.79 Å². The van der Waals surface area contributed by atoms with Crippen molar-refractivity contribution in [1.29, 1.82) is 0 Å². The molecule has 1 aliphatic heterocycles. The lowest BCUT2D eigenvalue weighted by Crippen LogP contribution is -2.36. The van der Waals surface area contributed by atoms with Crippen LogP contribution in [0, 0.1) is 11.8 Å². The molecule has 2 aliphatic carbocycles. The third kappa shape index (κ3) is 4.23. The molecule has 4 heteroatoms. The maximum Gasteiger partial charge on any atom is 0.335 e. The molecule has 0 amide bonds. The average molecular weight is 310 g/mol. The summed E-state index contributed by atoms with van der Waals surface area (Å²) >= 11 is 0. The molecule has 4 nitrogen and oxygen atoms in total. The van der Waals surface area contributed by atoms with Crippen LogP contribution < -0.4 is 0 Å². The first-order chi connectivity index (χ1) is 10.7. The van der Waals surface area contributed by atoms with E-state index in [1.165, 1.54) is 32.1 Å². The van der Waals surface area contributed by atoms with E-state index in [1.54, 1.807) is 6.92 Å². The quantitative estimate of drug-likeness (QED) is 0.729. The maximum absolute atomic E-state index is 12.2. The molecule has 1 heterocycles. The Labute approximate surface area is 133 Å². The van der Waals surface area contributed by atoms with Gasteiger partial charge in [-0.05, 0) is 50.9 Å². The van der Waals surface area contributed by atoms with Gasteiger partial charge in [0, 0.05) is 6.61 Å². The monoisotopic (exact) mass is 310 g/mol. The van der Waals surface area contributed by atoms with Crippen LogP contribution in [0.25, 0.3) is 0 Å². The first-order valence-electron chi connectivity index (χ1n) is 9.16. The Kier molecular flexibility index (Phi) is 5.75. The van der Waals surface area contributed by atoms with E-state index in [0.717, 1.165) is 44.1 Å². The summed E-state index contributed by atoms with van der Waals surface area (Å²) < 4.78 is 16.9. The Morgan fingerprint density at radius 1 is 1.09 bits per heavy atom. The van der Waals surface area contributed by atoms with Crippen LogP contribution in [-0.2, 0) is 19.0 Å². The van der Waals surface area contributed by atoms with Crippen molar-refractivity contribution >= 4 is 5.97 Å². The van der Waals surface area contributed by atoms with Gasteiger partial charge in [-0.15, -0.1) is 0 Å². The topological polar surface area (TPSA) is 44.8 Å². The van der Waals surface area contributed by atoms with Gasteiger partial charge in [-0.2, -0.15) is 0 Å². The summed E-state index contributed by atoms with van der Waals surface area (Å²) in [6.07, 6.45) is 10.7. The van der Waals surface area contributed by atoms with Gasteiger partial charge in [-0.3, -0.25) is 0 Å². The molecule has 126 valence electrons. The Balaban J connectivity index is 1.38. The first-order valence-corrected chi connectivity index (χ1v) is 9.16. The highest BCUT2D eigenvalue weighted by atomic mass is 16.6. The van der Waals surface area contributed by atoms with Gasteiger partial charge in [0.05, 0.1) is 12.7 Å². The largest absolute Gasteiger partial charge is 0.460 e. The van der Waals surface area contributed by atoms with Crippen molar-refractivity contribution in [2.24, 2.45) is 11.8 Å². The third-order valence-corrected chi connectivity index (χ3v) is 5.66. The van der Waals surface area contributed by atoms with E-state index >= 15 is 0 Å².